The lowest BCUT2D eigenvalue weighted by atomic mass is 9.78. The monoisotopic (exact) mass is 339 g/mol. The van der Waals surface area contributed by atoms with Crippen LogP contribution in [0.25, 0.3) is 0 Å². The first-order valence-corrected chi connectivity index (χ1v) is 8.08. The quantitative estimate of drug-likeness (QED) is 0.881. The van der Waals surface area contributed by atoms with E-state index in [1.165, 1.54) is 6.42 Å². The fourth-order valence-electron chi connectivity index (χ4n) is 2.75. The van der Waals surface area contributed by atoms with Gasteiger partial charge in [0, 0.05) is 16.6 Å². The SMILES string of the molecule is CCC1CCC(O)(CNC(=O)c2ccc(Br)cc2)CC1. The summed E-state index contributed by atoms with van der Waals surface area (Å²) in [5.74, 6) is 0.612. The molecule has 0 atom stereocenters. The van der Waals surface area contributed by atoms with E-state index in [1.807, 2.05) is 12.1 Å². The fourth-order valence-corrected chi connectivity index (χ4v) is 3.01. The maximum Gasteiger partial charge on any atom is 0.251 e. The Hall–Kier alpha value is -0.870. The molecule has 0 radical (unpaired) electrons. The Morgan fingerprint density at radius 1 is 1.35 bits per heavy atom. The van der Waals surface area contributed by atoms with Crippen molar-refractivity contribution >= 4 is 21.8 Å². The van der Waals surface area contributed by atoms with Gasteiger partial charge in [0.25, 0.3) is 5.91 Å². The molecule has 0 heterocycles. The highest BCUT2D eigenvalue weighted by Crippen LogP contribution is 2.33. The van der Waals surface area contributed by atoms with Crippen LogP contribution in [0.1, 0.15) is 49.4 Å². The van der Waals surface area contributed by atoms with Crippen molar-refractivity contribution in [1.82, 2.24) is 5.32 Å². The van der Waals surface area contributed by atoms with Gasteiger partial charge in [0.05, 0.1) is 5.60 Å². The largest absolute Gasteiger partial charge is 0.388 e. The van der Waals surface area contributed by atoms with Crippen molar-refractivity contribution in [1.29, 1.82) is 0 Å². The number of benzene rings is 1. The Bertz CT molecular complexity index is 450. The van der Waals surface area contributed by atoms with Crippen LogP contribution in [0.5, 0.6) is 0 Å². The highest BCUT2D eigenvalue weighted by molar-refractivity contribution is 9.10. The molecule has 1 aliphatic rings. The lowest BCUT2D eigenvalue weighted by molar-refractivity contribution is -0.00786. The molecule has 2 N–H and O–H groups in total. The molecule has 0 unspecified atom stereocenters. The van der Waals surface area contributed by atoms with Crippen LogP contribution in [0, 0.1) is 5.92 Å². The van der Waals surface area contributed by atoms with E-state index in [4.69, 9.17) is 0 Å². The smallest absolute Gasteiger partial charge is 0.251 e. The van der Waals surface area contributed by atoms with Crippen LogP contribution in [0.2, 0.25) is 0 Å². The third kappa shape index (κ3) is 4.06. The summed E-state index contributed by atoms with van der Waals surface area (Å²) in [6.45, 7) is 2.54. The zero-order valence-electron chi connectivity index (χ0n) is 11.9. The lowest BCUT2D eigenvalue weighted by Crippen LogP contribution is -2.45. The fraction of sp³-hybridized carbons (Fsp3) is 0.562. The molecule has 1 fully saturated rings. The number of halogens is 1. The van der Waals surface area contributed by atoms with Gasteiger partial charge >= 0.3 is 0 Å². The first kappa shape index (κ1) is 15.5. The molecule has 2 rings (SSSR count). The van der Waals surface area contributed by atoms with Crippen molar-refractivity contribution in [3.05, 3.63) is 34.3 Å². The van der Waals surface area contributed by atoms with Gasteiger partial charge in [-0.1, -0.05) is 29.3 Å². The summed E-state index contributed by atoms with van der Waals surface area (Å²) in [5, 5.41) is 13.4. The summed E-state index contributed by atoms with van der Waals surface area (Å²) < 4.78 is 0.950. The molecule has 1 aliphatic carbocycles. The Balaban J connectivity index is 1.85. The second-order valence-corrected chi connectivity index (χ2v) is 6.68. The third-order valence-electron chi connectivity index (χ3n) is 4.30. The van der Waals surface area contributed by atoms with Crippen LogP contribution in [-0.2, 0) is 0 Å². The lowest BCUT2D eigenvalue weighted by Gasteiger charge is -2.35. The molecule has 1 aromatic rings. The molecule has 1 amide bonds. The number of amides is 1. The van der Waals surface area contributed by atoms with E-state index in [1.54, 1.807) is 12.1 Å². The number of carbonyl (C=O) groups excluding carboxylic acids is 1. The second kappa shape index (κ2) is 6.72. The van der Waals surface area contributed by atoms with E-state index in [0.717, 1.165) is 36.1 Å². The minimum atomic E-state index is -0.726. The summed E-state index contributed by atoms with van der Waals surface area (Å²) in [7, 11) is 0. The molecular weight excluding hydrogens is 318 g/mol. The average Bonchev–Trinajstić information content (AvgIpc) is 2.46. The van der Waals surface area contributed by atoms with E-state index >= 15 is 0 Å². The molecule has 0 saturated heterocycles. The van der Waals surface area contributed by atoms with Gasteiger partial charge in [-0.05, 0) is 55.9 Å². The Kier molecular flexibility index (Phi) is 5.22. The molecule has 0 aromatic heterocycles. The highest BCUT2D eigenvalue weighted by Gasteiger charge is 2.32. The van der Waals surface area contributed by atoms with Gasteiger partial charge in [-0.15, -0.1) is 0 Å². The molecule has 4 heteroatoms. The van der Waals surface area contributed by atoms with Crippen LogP contribution < -0.4 is 5.32 Å². The summed E-state index contributed by atoms with van der Waals surface area (Å²) in [5.41, 5.74) is -0.101. The molecule has 110 valence electrons. The van der Waals surface area contributed by atoms with Crippen LogP contribution in [0.3, 0.4) is 0 Å². The van der Waals surface area contributed by atoms with Crippen LogP contribution in [0.15, 0.2) is 28.7 Å². The molecule has 3 nitrogen and oxygen atoms in total. The van der Waals surface area contributed by atoms with Gasteiger partial charge < -0.3 is 10.4 Å². The minimum absolute atomic E-state index is 0.122. The highest BCUT2D eigenvalue weighted by atomic mass is 79.9. The number of rotatable bonds is 4. The van der Waals surface area contributed by atoms with Crippen molar-refractivity contribution in [2.45, 2.75) is 44.6 Å². The zero-order valence-corrected chi connectivity index (χ0v) is 13.4. The summed E-state index contributed by atoms with van der Waals surface area (Å²) in [6.07, 6.45) is 4.86. The van der Waals surface area contributed by atoms with Gasteiger partial charge in [-0.3, -0.25) is 4.79 Å². The van der Waals surface area contributed by atoms with Crippen molar-refractivity contribution in [2.75, 3.05) is 6.54 Å². The van der Waals surface area contributed by atoms with Crippen molar-refractivity contribution in [2.24, 2.45) is 5.92 Å². The molecular formula is C16H22BrNO2. The topological polar surface area (TPSA) is 49.3 Å². The summed E-state index contributed by atoms with van der Waals surface area (Å²) >= 11 is 3.35. The van der Waals surface area contributed by atoms with Crippen molar-refractivity contribution in [3.63, 3.8) is 0 Å². The first-order chi connectivity index (χ1) is 9.52. The predicted octanol–water partition coefficient (Wildman–Crippen LogP) is 3.51. The third-order valence-corrected chi connectivity index (χ3v) is 4.83. The van der Waals surface area contributed by atoms with E-state index < -0.39 is 5.60 Å². The van der Waals surface area contributed by atoms with Crippen molar-refractivity contribution in [3.8, 4) is 0 Å². The maximum atomic E-state index is 12.0. The van der Waals surface area contributed by atoms with Gasteiger partial charge in [-0.2, -0.15) is 0 Å². The summed E-state index contributed by atoms with van der Waals surface area (Å²) in [4.78, 5) is 12.0. The number of hydrogen-bond donors (Lipinski definition) is 2. The molecule has 1 aromatic carbocycles. The Morgan fingerprint density at radius 2 is 1.95 bits per heavy atom. The average molecular weight is 340 g/mol. The Labute approximate surface area is 128 Å². The van der Waals surface area contributed by atoms with Crippen molar-refractivity contribution < 1.29 is 9.90 Å². The standard InChI is InChI=1S/C16H22BrNO2/c1-2-12-7-9-16(20,10-8-12)11-18-15(19)13-3-5-14(17)6-4-13/h3-6,12,20H,2,7-11H2,1H3,(H,18,19). The van der Waals surface area contributed by atoms with Gasteiger partial charge in [0.2, 0.25) is 0 Å². The predicted molar refractivity (Wildman–Crippen MR) is 83.7 cm³/mol. The molecule has 1 saturated carbocycles. The van der Waals surface area contributed by atoms with E-state index in [0.29, 0.717) is 12.1 Å². The number of carbonyl (C=O) groups is 1. The van der Waals surface area contributed by atoms with E-state index in [-0.39, 0.29) is 5.91 Å². The maximum absolute atomic E-state index is 12.0. The minimum Gasteiger partial charge on any atom is -0.388 e. The normalized spacial score (nSPS) is 26.2. The Morgan fingerprint density at radius 3 is 2.50 bits per heavy atom. The zero-order chi connectivity index (χ0) is 14.6. The number of nitrogens with one attached hydrogen (secondary N) is 1. The van der Waals surface area contributed by atoms with Crippen LogP contribution >= 0.6 is 15.9 Å². The first-order valence-electron chi connectivity index (χ1n) is 7.28. The molecule has 20 heavy (non-hydrogen) atoms. The van der Waals surface area contributed by atoms with E-state index in [9.17, 15) is 9.90 Å². The summed E-state index contributed by atoms with van der Waals surface area (Å²) in [6, 6.07) is 7.24. The molecule has 0 bridgehead atoms. The number of aliphatic hydroxyl groups is 1. The molecule has 0 spiro atoms. The molecule has 0 aliphatic heterocycles. The van der Waals surface area contributed by atoms with Gasteiger partial charge in [0.1, 0.15) is 0 Å². The number of hydrogen-bond acceptors (Lipinski definition) is 2. The van der Waals surface area contributed by atoms with E-state index in [2.05, 4.69) is 28.2 Å². The van der Waals surface area contributed by atoms with Gasteiger partial charge in [-0.25, -0.2) is 0 Å². The van der Waals surface area contributed by atoms with Gasteiger partial charge in [0.15, 0.2) is 0 Å². The van der Waals surface area contributed by atoms with Crippen LogP contribution in [-0.4, -0.2) is 23.2 Å². The second-order valence-electron chi connectivity index (χ2n) is 5.77. The van der Waals surface area contributed by atoms with Crippen LogP contribution in [0.4, 0.5) is 0 Å².